The summed E-state index contributed by atoms with van der Waals surface area (Å²) in [7, 11) is 1.64. The number of ether oxygens (including phenoxy) is 2. The van der Waals surface area contributed by atoms with Gasteiger partial charge in [0, 0.05) is 55.9 Å². The highest BCUT2D eigenvalue weighted by Gasteiger charge is 2.21. The Labute approximate surface area is 180 Å². The summed E-state index contributed by atoms with van der Waals surface area (Å²) in [5.74, 6) is -1.72. The minimum absolute atomic E-state index is 0.0769. The number of anilines is 1. The molecule has 0 atom stereocenters. The van der Waals surface area contributed by atoms with Gasteiger partial charge in [-0.1, -0.05) is 0 Å². The van der Waals surface area contributed by atoms with Crippen LogP contribution in [0.3, 0.4) is 0 Å². The lowest BCUT2D eigenvalue weighted by atomic mass is 9.92. The molecule has 0 unspecified atom stereocenters. The molecule has 1 N–H and O–H groups in total. The van der Waals surface area contributed by atoms with Crippen molar-refractivity contribution in [1.82, 2.24) is 9.97 Å². The molecule has 0 aliphatic carbocycles. The van der Waals surface area contributed by atoms with Crippen LogP contribution in [0.1, 0.15) is 36.8 Å². The van der Waals surface area contributed by atoms with Gasteiger partial charge in [-0.05, 0) is 31.6 Å². The van der Waals surface area contributed by atoms with E-state index >= 15 is 0 Å². The highest BCUT2D eigenvalue weighted by atomic mass is 19.1. The number of nitrogens with zero attached hydrogens (tertiary/aromatic N) is 3. The number of rotatable bonds is 10. The van der Waals surface area contributed by atoms with Crippen LogP contribution in [0.2, 0.25) is 0 Å². The number of piperidine rings is 1. The van der Waals surface area contributed by atoms with E-state index in [1.807, 2.05) is 0 Å². The van der Waals surface area contributed by atoms with Gasteiger partial charge in [-0.2, -0.15) is 0 Å². The molecule has 0 saturated carbocycles. The van der Waals surface area contributed by atoms with Gasteiger partial charge in [-0.3, -0.25) is 4.79 Å². The molecule has 1 aromatic heterocycles. The predicted octanol–water partition coefficient (Wildman–Crippen LogP) is 3.60. The van der Waals surface area contributed by atoms with Gasteiger partial charge in [0.15, 0.2) is 0 Å². The Hall–Kier alpha value is -2.81. The third kappa shape index (κ3) is 6.58. The van der Waals surface area contributed by atoms with E-state index in [-0.39, 0.29) is 5.75 Å². The number of benzene rings is 1. The SMILES string of the molecule is COCc1cnc(N2CCC(CCCOc3cc(F)c(CC(=O)O)c(F)c3)CC2)nc1. The lowest BCUT2D eigenvalue weighted by Gasteiger charge is -2.32. The molecule has 2 heterocycles. The molecule has 0 bridgehead atoms. The lowest BCUT2D eigenvalue weighted by Crippen LogP contribution is -2.35. The van der Waals surface area contributed by atoms with Crippen molar-refractivity contribution < 1.29 is 28.2 Å². The molecular weight excluding hydrogens is 408 g/mol. The largest absolute Gasteiger partial charge is 0.493 e. The zero-order valence-corrected chi connectivity index (χ0v) is 17.5. The average molecular weight is 435 g/mol. The van der Waals surface area contributed by atoms with Crippen LogP contribution < -0.4 is 9.64 Å². The van der Waals surface area contributed by atoms with Crippen molar-refractivity contribution in [3.63, 3.8) is 0 Å². The summed E-state index contributed by atoms with van der Waals surface area (Å²) in [6.07, 6.45) is 6.66. The van der Waals surface area contributed by atoms with Crippen molar-refractivity contribution in [3.05, 3.63) is 47.3 Å². The van der Waals surface area contributed by atoms with Gasteiger partial charge in [0.2, 0.25) is 5.95 Å². The van der Waals surface area contributed by atoms with E-state index in [4.69, 9.17) is 14.6 Å². The summed E-state index contributed by atoms with van der Waals surface area (Å²) in [6, 6.07) is 2.08. The van der Waals surface area contributed by atoms with Gasteiger partial charge >= 0.3 is 5.97 Å². The van der Waals surface area contributed by atoms with Gasteiger partial charge in [0.25, 0.3) is 0 Å². The Balaban J connectivity index is 1.39. The fourth-order valence-corrected chi connectivity index (χ4v) is 3.72. The average Bonchev–Trinajstić information content (AvgIpc) is 2.75. The van der Waals surface area contributed by atoms with Crippen molar-refractivity contribution in [2.24, 2.45) is 5.92 Å². The molecule has 1 saturated heterocycles. The van der Waals surface area contributed by atoms with Gasteiger partial charge in [-0.15, -0.1) is 0 Å². The molecule has 168 valence electrons. The second-order valence-corrected chi connectivity index (χ2v) is 7.68. The van der Waals surface area contributed by atoms with Gasteiger partial charge < -0.3 is 19.5 Å². The maximum absolute atomic E-state index is 13.9. The molecule has 1 fully saturated rings. The maximum atomic E-state index is 13.9. The summed E-state index contributed by atoms with van der Waals surface area (Å²) in [4.78, 5) is 21.7. The summed E-state index contributed by atoms with van der Waals surface area (Å²) in [5, 5.41) is 8.72. The van der Waals surface area contributed by atoms with E-state index in [0.717, 1.165) is 62.4 Å². The fraction of sp³-hybridized carbons (Fsp3) is 0.500. The van der Waals surface area contributed by atoms with Crippen LogP contribution in [-0.2, 0) is 22.6 Å². The second kappa shape index (κ2) is 11.0. The third-order valence-electron chi connectivity index (χ3n) is 5.37. The highest BCUT2D eigenvalue weighted by molar-refractivity contribution is 5.70. The number of carboxylic acids is 1. The van der Waals surface area contributed by atoms with Crippen LogP contribution in [0.15, 0.2) is 24.5 Å². The van der Waals surface area contributed by atoms with E-state index in [9.17, 15) is 13.6 Å². The number of hydrogen-bond donors (Lipinski definition) is 1. The van der Waals surface area contributed by atoms with Crippen molar-refractivity contribution in [2.45, 2.75) is 38.7 Å². The smallest absolute Gasteiger partial charge is 0.308 e. The minimum Gasteiger partial charge on any atom is -0.493 e. The Morgan fingerprint density at radius 2 is 1.84 bits per heavy atom. The van der Waals surface area contributed by atoms with Crippen molar-refractivity contribution >= 4 is 11.9 Å². The number of halogens is 2. The zero-order chi connectivity index (χ0) is 22.2. The van der Waals surface area contributed by atoms with Crippen LogP contribution in [0, 0.1) is 17.6 Å². The molecule has 1 aliphatic heterocycles. The minimum atomic E-state index is -1.29. The number of methoxy groups -OCH3 is 1. The quantitative estimate of drug-likeness (QED) is 0.571. The first-order valence-electron chi connectivity index (χ1n) is 10.3. The van der Waals surface area contributed by atoms with E-state index in [1.165, 1.54) is 0 Å². The highest BCUT2D eigenvalue weighted by Crippen LogP contribution is 2.25. The van der Waals surface area contributed by atoms with Crippen molar-refractivity contribution in [2.75, 3.05) is 31.7 Å². The third-order valence-corrected chi connectivity index (χ3v) is 5.37. The maximum Gasteiger partial charge on any atom is 0.308 e. The van der Waals surface area contributed by atoms with E-state index in [0.29, 0.717) is 19.1 Å². The van der Waals surface area contributed by atoms with E-state index in [2.05, 4.69) is 14.9 Å². The van der Waals surface area contributed by atoms with Crippen LogP contribution in [0.4, 0.5) is 14.7 Å². The van der Waals surface area contributed by atoms with Crippen LogP contribution >= 0.6 is 0 Å². The standard InChI is InChI=1S/C22H27F2N3O4/c1-30-14-16-12-25-22(26-13-16)27-6-4-15(5-7-27)3-2-8-31-17-9-19(23)18(11-21(28)29)20(24)10-17/h9-10,12-13,15H,2-8,11,14H2,1H3,(H,28,29). The summed E-state index contributed by atoms with van der Waals surface area (Å²) in [5.41, 5.74) is 0.487. The molecule has 0 amide bonds. The second-order valence-electron chi connectivity index (χ2n) is 7.68. The van der Waals surface area contributed by atoms with Crippen LogP contribution in [0.5, 0.6) is 5.75 Å². The molecule has 0 spiro atoms. The molecule has 0 radical (unpaired) electrons. The van der Waals surface area contributed by atoms with E-state index in [1.54, 1.807) is 19.5 Å². The molecule has 9 heteroatoms. The predicted molar refractivity (Wildman–Crippen MR) is 110 cm³/mol. The molecule has 7 nitrogen and oxygen atoms in total. The molecule has 3 rings (SSSR count). The first kappa shape index (κ1) is 22.9. The number of carboxylic acid groups (broad SMARTS) is 1. The van der Waals surface area contributed by atoms with Crippen molar-refractivity contribution in [1.29, 1.82) is 0 Å². The van der Waals surface area contributed by atoms with Gasteiger partial charge in [0.05, 0.1) is 19.6 Å². The number of carbonyl (C=O) groups is 1. The Bertz CT molecular complexity index is 849. The summed E-state index contributed by atoms with van der Waals surface area (Å²) < 4.78 is 38.4. The van der Waals surface area contributed by atoms with Crippen LogP contribution in [-0.4, -0.2) is 47.8 Å². The summed E-state index contributed by atoms with van der Waals surface area (Å²) in [6.45, 7) is 2.62. The Morgan fingerprint density at radius 3 is 2.42 bits per heavy atom. The molecule has 31 heavy (non-hydrogen) atoms. The lowest BCUT2D eigenvalue weighted by molar-refractivity contribution is -0.136. The zero-order valence-electron chi connectivity index (χ0n) is 17.5. The van der Waals surface area contributed by atoms with Crippen molar-refractivity contribution in [3.8, 4) is 5.75 Å². The van der Waals surface area contributed by atoms with E-state index < -0.39 is 29.6 Å². The molecule has 1 aromatic carbocycles. The first-order chi connectivity index (χ1) is 15.0. The topological polar surface area (TPSA) is 84.8 Å². The number of aliphatic carboxylic acids is 1. The monoisotopic (exact) mass is 435 g/mol. The van der Waals surface area contributed by atoms with Gasteiger partial charge in [0.1, 0.15) is 17.4 Å². The van der Waals surface area contributed by atoms with Gasteiger partial charge in [-0.25, -0.2) is 18.7 Å². The molecule has 1 aliphatic rings. The fourth-order valence-electron chi connectivity index (χ4n) is 3.72. The Morgan fingerprint density at radius 1 is 1.19 bits per heavy atom. The normalized spacial score (nSPS) is 14.6. The number of aromatic nitrogens is 2. The Kier molecular flexibility index (Phi) is 8.11. The summed E-state index contributed by atoms with van der Waals surface area (Å²) >= 11 is 0. The van der Waals surface area contributed by atoms with Crippen LogP contribution in [0.25, 0.3) is 0 Å². The molecule has 2 aromatic rings. The first-order valence-corrected chi connectivity index (χ1v) is 10.3. The number of hydrogen-bond acceptors (Lipinski definition) is 6. The molecular formula is C22H27F2N3O4.